The van der Waals surface area contributed by atoms with Gasteiger partial charge in [-0.15, -0.1) is 0 Å². The van der Waals surface area contributed by atoms with Crippen LogP contribution in [0.5, 0.6) is 11.5 Å². The zero-order valence-electron chi connectivity index (χ0n) is 40.6. The van der Waals surface area contributed by atoms with Crippen LogP contribution in [-0.4, -0.2) is 100 Å². The van der Waals surface area contributed by atoms with E-state index in [0.29, 0.717) is 42.7 Å². The maximum absolute atomic E-state index is 14.1. The molecule has 71 heavy (non-hydrogen) atoms. The number of H-pyrrole nitrogens is 1. The molecule has 1 unspecified atom stereocenters. The lowest BCUT2D eigenvalue weighted by molar-refractivity contribution is -0.384. The SMILES string of the molecule is CC(C)c1ccccc1C1CN(Cc2cocn2)CCN1C1CC2(CCN(c3ccc(C(=O)NS(=O)(=O)c4ccc(NC[C@H]5CC[C@](C)(O)CC5)c([N+](=O)[O-])c4)c(Oc4cnc5[nH]ccc5c4)c3)CC2)C1. The van der Waals surface area contributed by atoms with Crippen LogP contribution in [0.3, 0.4) is 0 Å². The van der Waals surface area contributed by atoms with E-state index in [0.717, 1.165) is 101 Å². The molecule has 18 heteroatoms. The van der Waals surface area contributed by atoms with E-state index in [1.807, 2.05) is 19.1 Å². The van der Waals surface area contributed by atoms with Gasteiger partial charge >= 0.3 is 0 Å². The first-order valence-electron chi connectivity index (χ1n) is 24.9. The van der Waals surface area contributed by atoms with Gasteiger partial charge in [0.15, 0.2) is 6.39 Å². The van der Waals surface area contributed by atoms with Crippen LogP contribution in [-0.2, 0) is 16.6 Å². The number of nitro groups is 1. The molecular formula is C53H63N9O8S. The van der Waals surface area contributed by atoms with Crippen LogP contribution in [0.4, 0.5) is 17.1 Å². The molecular weight excluding hydrogens is 923 g/mol. The van der Waals surface area contributed by atoms with Gasteiger partial charge in [-0.3, -0.25) is 24.7 Å². The summed E-state index contributed by atoms with van der Waals surface area (Å²) in [5, 5.41) is 26.5. The number of aliphatic hydroxyl groups is 1. The highest BCUT2D eigenvalue weighted by Crippen LogP contribution is 2.53. The number of benzene rings is 3. The molecule has 17 nitrogen and oxygen atoms in total. The molecule has 4 fully saturated rings. The Labute approximate surface area is 414 Å². The maximum atomic E-state index is 14.1. The Bertz CT molecular complexity index is 2990. The Balaban J connectivity index is 0.834. The van der Waals surface area contributed by atoms with E-state index in [9.17, 15) is 28.4 Å². The highest BCUT2D eigenvalue weighted by molar-refractivity contribution is 7.90. The molecule has 1 atom stereocenters. The van der Waals surface area contributed by atoms with Crippen molar-refractivity contribution in [1.29, 1.82) is 0 Å². The van der Waals surface area contributed by atoms with Crippen molar-refractivity contribution in [1.82, 2.24) is 29.5 Å². The number of ether oxygens (including phenoxy) is 1. The van der Waals surface area contributed by atoms with Gasteiger partial charge in [0.25, 0.3) is 21.6 Å². The number of piperazine rings is 1. The largest absolute Gasteiger partial charge is 0.455 e. The number of nitro benzene ring substituents is 1. The van der Waals surface area contributed by atoms with Gasteiger partial charge in [0.1, 0.15) is 29.1 Å². The van der Waals surface area contributed by atoms with Crippen LogP contribution >= 0.6 is 0 Å². The molecule has 0 bridgehead atoms. The number of amides is 1. The quantitative estimate of drug-likeness (QED) is 0.0558. The number of carbonyl (C=O) groups excluding carboxylic acids is 1. The number of aromatic nitrogens is 3. The van der Waals surface area contributed by atoms with Crippen LogP contribution in [0.25, 0.3) is 11.0 Å². The maximum Gasteiger partial charge on any atom is 0.293 e. The summed E-state index contributed by atoms with van der Waals surface area (Å²) in [4.78, 5) is 44.7. The highest BCUT2D eigenvalue weighted by atomic mass is 32.2. The number of rotatable bonds is 15. The Morgan fingerprint density at radius 2 is 1.79 bits per heavy atom. The first-order chi connectivity index (χ1) is 34.1. The lowest BCUT2D eigenvalue weighted by atomic mass is 9.59. The second-order valence-corrected chi connectivity index (χ2v) is 22.5. The van der Waals surface area contributed by atoms with Crippen molar-refractivity contribution in [3.63, 3.8) is 0 Å². The van der Waals surface area contributed by atoms with Crippen molar-refractivity contribution in [2.24, 2.45) is 11.3 Å². The Morgan fingerprint density at radius 3 is 2.54 bits per heavy atom. The Kier molecular flexibility index (Phi) is 13.4. The van der Waals surface area contributed by atoms with Crippen molar-refractivity contribution in [2.75, 3.05) is 49.5 Å². The summed E-state index contributed by atoms with van der Waals surface area (Å²) in [6.45, 7) is 12.0. The summed E-state index contributed by atoms with van der Waals surface area (Å²) in [7, 11) is -4.59. The number of fused-ring (bicyclic) bond motifs is 1. The molecule has 5 heterocycles. The summed E-state index contributed by atoms with van der Waals surface area (Å²) in [6.07, 6.45) is 13.6. The van der Waals surface area contributed by atoms with Crippen LogP contribution in [0.1, 0.15) is 111 Å². The lowest BCUT2D eigenvalue weighted by Crippen LogP contribution is -2.60. The molecule has 2 aliphatic carbocycles. The minimum atomic E-state index is -4.59. The van der Waals surface area contributed by atoms with Crippen molar-refractivity contribution in [2.45, 2.75) is 107 Å². The summed E-state index contributed by atoms with van der Waals surface area (Å²) in [5.74, 6) is 0.155. The molecule has 2 saturated carbocycles. The average Bonchev–Trinajstić information content (AvgIpc) is 4.05. The molecule has 2 aliphatic heterocycles. The second kappa shape index (κ2) is 19.7. The molecule has 6 aromatic rings. The molecule has 3 aromatic carbocycles. The van der Waals surface area contributed by atoms with Crippen molar-refractivity contribution < 1.29 is 32.4 Å². The fourth-order valence-corrected chi connectivity index (χ4v) is 12.5. The van der Waals surface area contributed by atoms with Crippen molar-refractivity contribution >= 4 is 44.0 Å². The third-order valence-corrected chi connectivity index (χ3v) is 17.0. The molecule has 4 aliphatic rings. The monoisotopic (exact) mass is 985 g/mol. The number of carbonyl (C=O) groups is 1. The molecule has 2 saturated heterocycles. The van der Waals surface area contributed by atoms with Gasteiger partial charge in [-0.25, -0.2) is 23.1 Å². The van der Waals surface area contributed by atoms with Gasteiger partial charge in [-0.1, -0.05) is 38.1 Å². The molecule has 374 valence electrons. The summed E-state index contributed by atoms with van der Waals surface area (Å²) in [5.41, 5.74) is 4.49. The number of nitrogens with one attached hydrogen (secondary N) is 3. The van der Waals surface area contributed by atoms with Crippen LogP contribution < -0.4 is 19.7 Å². The predicted octanol–water partition coefficient (Wildman–Crippen LogP) is 9.15. The number of aromatic amines is 1. The van der Waals surface area contributed by atoms with Crippen LogP contribution in [0, 0.1) is 21.4 Å². The zero-order valence-corrected chi connectivity index (χ0v) is 41.4. The van der Waals surface area contributed by atoms with Gasteiger partial charge in [-0.2, -0.15) is 0 Å². The Morgan fingerprint density at radius 1 is 1.00 bits per heavy atom. The third-order valence-electron chi connectivity index (χ3n) is 15.6. The number of sulfonamides is 1. The van der Waals surface area contributed by atoms with E-state index in [1.165, 1.54) is 35.9 Å². The van der Waals surface area contributed by atoms with E-state index in [-0.39, 0.29) is 34.4 Å². The summed E-state index contributed by atoms with van der Waals surface area (Å²) >= 11 is 0. The normalized spacial score (nSPS) is 22.1. The van der Waals surface area contributed by atoms with E-state index in [1.54, 1.807) is 30.7 Å². The molecule has 1 spiro atoms. The zero-order chi connectivity index (χ0) is 49.5. The minimum Gasteiger partial charge on any atom is -0.455 e. The van der Waals surface area contributed by atoms with Crippen molar-refractivity contribution in [3.8, 4) is 11.5 Å². The van der Waals surface area contributed by atoms with Crippen LogP contribution in [0.2, 0.25) is 0 Å². The molecule has 1 amide bonds. The van der Waals surface area contributed by atoms with Crippen LogP contribution in [0.15, 0.2) is 107 Å². The minimum absolute atomic E-state index is 0.0317. The van der Waals surface area contributed by atoms with Gasteiger partial charge in [0.2, 0.25) is 0 Å². The number of nitrogens with zero attached hydrogens (tertiary/aromatic N) is 6. The number of pyridine rings is 1. The topological polar surface area (TPSA) is 212 Å². The smallest absolute Gasteiger partial charge is 0.293 e. The van der Waals surface area contributed by atoms with Gasteiger partial charge < -0.3 is 29.5 Å². The van der Waals surface area contributed by atoms with Gasteiger partial charge in [0, 0.05) is 87.3 Å². The third kappa shape index (κ3) is 10.5. The summed E-state index contributed by atoms with van der Waals surface area (Å²) < 4.78 is 41.5. The molecule has 10 rings (SSSR count). The first-order valence-corrected chi connectivity index (χ1v) is 26.4. The van der Waals surface area contributed by atoms with E-state index >= 15 is 0 Å². The Hall–Kier alpha value is -6.34. The van der Waals surface area contributed by atoms with E-state index < -0.39 is 37.0 Å². The average molecular weight is 986 g/mol. The standard InChI is InChI=1S/C53H63N9O8S/c1-35(2)43-6-4-5-7-44(43)48-32-59(31-38-33-69-34-57-38)22-23-61(48)40-27-53(28-40)17-20-60(21-18-53)39-8-10-45(49(25-39)70-41-24-37-14-19-54-50(37)56-30-41)51(63)58-71(67,68)42-9-11-46(47(26-42)62(65)66)55-29-36-12-15-52(3,64)16-13-36/h4-11,14,19,24-26,30,33-36,40,48,55,64H,12-13,15-18,20-23,27-29,31-32H2,1-3H3,(H,54,56)(H,58,63)/t36-,48?,52-. The number of oxazole rings is 1. The number of hydrogen-bond donors (Lipinski definition) is 4. The second-order valence-electron chi connectivity index (χ2n) is 20.9. The number of hydrogen-bond acceptors (Lipinski definition) is 14. The van der Waals surface area contributed by atoms with E-state index in [2.05, 4.69) is 77.8 Å². The highest BCUT2D eigenvalue weighted by Gasteiger charge is 2.50. The van der Waals surface area contributed by atoms with Gasteiger partial charge in [0.05, 0.1) is 32.9 Å². The fraction of sp³-hybridized carbons (Fsp3) is 0.453. The molecule has 4 N–H and O–H groups in total. The lowest BCUT2D eigenvalue weighted by Gasteiger charge is -2.58. The first kappa shape index (κ1) is 48.3. The number of anilines is 2. The fourth-order valence-electron chi connectivity index (χ4n) is 11.5. The number of piperidine rings is 1. The summed E-state index contributed by atoms with van der Waals surface area (Å²) in [6, 6.07) is 22.0. The molecule has 3 aromatic heterocycles. The molecule has 0 radical (unpaired) electrons. The van der Waals surface area contributed by atoms with Gasteiger partial charge in [-0.05, 0) is 123 Å². The predicted molar refractivity (Wildman–Crippen MR) is 270 cm³/mol. The van der Waals surface area contributed by atoms with Crippen molar-refractivity contribution in [3.05, 3.63) is 130 Å². The van der Waals surface area contributed by atoms with E-state index in [4.69, 9.17) is 9.15 Å².